The maximum absolute atomic E-state index is 13.4. The zero-order valence-electron chi connectivity index (χ0n) is 18.6. The second-order valence-electron chi connectivity index (χ2n) is 9.07. The van der Waals surface area contributed by atoms with Crippen LogP contribution >= 0.6 is 0 Å². The van der Waals surface area contributed by atoms with Crippen LogP contribution in [-0.4, -0.2) is 53.2 Å². The number of halogens is 3. The number of anilines is 2. The van der Waals surface area contributed by atoms with Crippen LogP contribution in [0.3, 0.4) is 0 Å². The first-order valence-corrected chi connectivity index (χ1v) is 11.1. The van der Waals surface area contributed by atoms with Crippen LogP contribution in [-0.2, 0) is 10.3 Å². The highest BCUT2D eigenvalue weighted by Crippen LogP contribution is 2.42. The van der Waals surface area contributed by atoms with E-state index < -0.39 is 18.0 Å². The molecule has 2 atom stereocenters. The summed E-state index contributed by atoms with van der Waals surface area (Å²) < 4.78 is 45.5. The molecule has 11 heteroatoms. The van der Waals surface area contributed by atoms with Crippen molar-refractivity contribution in [1.82, 2.24) is 5.01 Å². The predicted molar refractivity (Wildman–Crippen MR) is 120 cm³/mol. The summed E-state index contributed by atoms with van der Waals surface area (Å²) in [6.45, 7) is 5.05. The standard InChI is InChI=1S/C22H27F3N7O/c1-21(2)16-8-7-15(13-17(16)28-19(33-21)22(23,24)25)27-20-29-18-14-26-9-12-32(18,30-20)31-10-5-3-4-6-11-31/h7-9,12-14,19,28H,3-6,10-11H2,1-2H3,(H,27,30)/q+1. The summed E-state index contributed by atoms with van der Waals surface area (Å²) in [5, 5.41) is 12.8. The van der Waals surface area contributed by atoms with Crippen molar-refractivity contribution >= 4 is 29.4 Å². The number of benzene rings is 1. The largest absolute Gasteiger partial charge is 0.433 e. The molecule has 33 heavy (non-hydrogen) atoms. The minimum Gasteiger partial charge on any atom is -0.352 e. The Morgan fingerprint density at radius 1 is 1.18 bits per heavy atom. The molecular formula is C22H27F3N7O+. The van der Waals surface area contributed by atoms with Crippen molar-refractivity contribution in [2.24, 2.45) is 15.1 Å². The van der Waals surface area contributed by atoms with Gasteiger partial charge in [0.1, 0.15) is 6.21 Å². The summed E-state index contributed by atoms with van der Waals surface area (Å²) in [4.78, 5) is 8.86. The van der Waals surface area contributed by atoms with Crippen LogP contribution in [0.25, 0.3) is 0 Å². The van der Waals surface area contributed by atoms with Gasteiger partial charge in [0.2, 0.25) is 6.23 Å². The molecular weight excluding hydrogens is 435 g/mol. The number of quaternary nitrogens is 1. The molecule has 0 spiro atoms. The summed E-state index contributed by atoms with van der Waals surface area (Å²) in [5.74, 6) is 1.07. The first-order chi connectivity index (χ1) is 15.7. The van der Waals surface area contributed by atoms with Gasteiger partial charge in [-0.05, 0) is 48.6 Å². The zero-order chi connectivity index (χ0) is 23.3. The van der Waals surface area contributed by atoms with E-state index in [1.54, 1.807) is 44.5 Å². The number of guanidine groups is 1. The van der Waals surface area contributed by atoms with Gasteiger partial charge in [0.05, 0.1) is 24.9 Å². The van der Waals surface area contributed by atoms with Gasteiger partial charge in [-0.3, -0.25) is 4.99 Å². The number of amidine groups is 1. The first kappa shape index (κ1) is 22.1. The van der Waals surface area contributed by atoms with Crippen molar-refractivity contribution < 1.29 is 22.6 Å². The van der Waals surface area contributed by atoms with Gasteiger partial charge in [0.15, 0.2) is 6.20 Å². The van der Waals surface area contributed by atoms with Gasteiger partial charge < -0.3 is 15.4 Å². The molecule has 4 aliphatic rings. The number of hydrogen-bond acceptors (Lipinski definition) is 7. The molecule has 8 nitrogen and oxygen atoms in total. The van der Waals surface area contributed by atoms with Crippen LogP contribution in [0.15, 0.2) is 45.7 Å². The second-order valence-corrected chi connectivity index (χ2v) is 9.07. The third-order valence-corrected chi connectivity index (χ3v) is 6.29. The number of alkyl halides is 3. The molecule has 4 aliphatic heterocycles. The maximum Gasteiger partial charge on any atom is 0.433 e. The van der Waals surface area contributed by atoms with Gasteiger partial charge in [0, 0.05) is 16.9 Å². The molecule has 0 aromatic heterocycles. The number of nitrogens with zero attached hydrogens (tertiary/aromatic N) is 5. The maximum atomic E-state index is 13.4. The van der Waals surface area contributed by atoms with Gasteiger partial charge in [-0.1, -0.05) is 18.9 Å². The number of fused-ring (bicyclic) bond motifs is 2. The van der Waals surface area contributed by atoms with Gasteiger partial charge in [-0.2, -0.15) is 13.2 Å². The summed E-state index contributed by atoms with van der Waals surface area (Å²) in [5.41, 5.74) is 0.501. The lowest BCUT2D eigenvalue weighted by Crippen LogP contribution is -2.56. The number of aliphatic imine (C=N–C) groups is 2. The van der Waals surface area contributed by atoms with Crippen LogP contribution < -0.4 is 10.6 Å². The monoisotopic (exact) mass is 462 g/mol. The third-order valence-electron chi connectivity index (χ3n) is 6.29. The molecule has 1 aromatic carbocycles. The minimum absolute atomic E-state index is 0.131. The Bertz CT molecular complexity index is 1050. The van der Waals surface area contributed by atoms with Crippen molar-refractivity contribution in [3.63, 3.8) is 0 Å². The van der Waals surface area contributed by atoms with Crippen LogP contribution in [0.1, 0.15) is 45.1 Å². The average Bonchev–Trinajstić information content (AvgIpc) is 2.91. The van der Waals surface area contributed by atoms with E-state index in [9.17, 15) is 13.2 Å². The molecule has 0 saturated carbocycles. The van der Waals surface area contributed by atoms with Crippen molar-refractivity contribution in [2.45, 2.75) is 57.5 Å². The number of ether oxygens (including phenoxy) is 1. The number of nitrogens with one attached hydrogen (secondary N) is 2. The molecule has 1 aromatic rings. The highest BCUT2D eigenvalue weighted by Gasteiger charge is 2.48. The summed E-state index contributed by atoms with van der Waals surface area (Å²) in [7, 11) is 0. The fourth-order valence-corrected chi connectivity index (χ4v) is 4.65. The van der Waals surface area contributed by atoms with Crippen molar-refractivity contribution in [1.29, 1.82) is 0 Å². The molecule has 1 fully saturated rings. The highest BCUT2D eigenvalue weighted by atomic mass is 19.4. The molecule has 176 valence electrons. The molecule has 0 aliphatic carbocycles. The molecule has 4 heterocycles. The molecule has 2 N–H and O–H groups in total. The lowest BCUT2D eigenvalue weighted by atomic mass is 9.94. The Morgan fingerprint density at radius 3 is 2.67 bits per heavy atom. The Kier molecular flexibility index (Phi) is 5.30. The molecule has 0 amide bonds. The van der Waals surface area contributed by atoms with Crippen molar-refractivity contribution in [3.8, 4) is 0 Å². The van der Waals surface area contributed by atoms with E-state index in [1.165, 1.54) is 12.8 Å². The van der Waals surface area contributed by atoms with Gasteiger partial charge in [-0.15, -0.1) is 10.0 Å². The first-order valence-electron chi connectivity index (χ1n) is 11.1. The molecule has 1 saturated heterocycles. The normalized spacial score (nSPS) is 28.8. The summed E-state index contributed by atoms with van der Waals surface area (Å²) in [6.07, 6.45) is 3.28. The quantitative estimate of drug-likeness (QED) is 0.635. The van der Waals surface area contributed by atoms with Gasteiger partial charge in [-0.25, -0.2) is 0 Å². The Balaban J connectivity index is 1.43. The van der Waals surface area contributed by atoms with Crippen LogP contribution in [0.5, 0.6) is 0 Å². The Labute approximate surface area is 190 Å². The van der Waals surface area contributed by atoms with E-state index >= 15 is 0 Å². The van der Waals surface area contributed by atoms with E-state index in [0.29, 0.717) is 28.7 Å². The predicted octanol–water partition coefficient (Wildman–Crippen LogP) is 4.51. The van der Waals surface area contributed by atoms with Gasteiger partial charge >= 0.3 is 12.0 Å². The third kappa shape index (κ3) is 4.04. The summed E-state index contributed by atoms with van der Waals surface area (Å²) in [6, 6.07) is 5.19. The van der Waals surface area contributed by atoms with Crippen molar-refractivity contribution in [2.75, 3.05) is 23.7 Å². The van der Waals surface area contributed by atoms with Gasteiger partial charge in [0.25, 0.3) is 5.96 Å². The molecule has 5 rings (SSSR count). The summed E-state index contributed by atoms with van der Waals surface area (Å²) >= 11 is 0. The van der Waals surface area contributed by atoms with E-state index in [1.807, 2.05) is 6.20 Å². The number of hydrogen-bond donors (Lipinski definition) is 2. The minimum atomic E-state index is -4.53. The molecule has 2 unspecified atom stereocenters. The highest BCUT2D eigenvalue weighted by molar-refractivity contribution is 6.30. The van der Waals surface area contributed by atoms with Crippen LogP contribution in [0.4, 0.5) is 24.5 Å². The van der Waals surface area contributed by atoms with Crippen LogP contribution in [0.2, 0.25) is 0 Å². The van der Waals surface area contributed by atoms with E-state index in [2.05, 4.69) is 25.6 Å². The zero-order valence-corrected chi connectivity index (χ0v) is 18.6. The Hall–Kier alpha value is -2.76. The average molecular weight is 463 g/mol. The van der Waals surface area contributed by atoms with Crippen LogP contribution in [0, 0.1) is 0 Å². The fourth-order valence-electron chi connectivity index (χ4n) is 4.65. The Morgan fingerprint density at radius 2 is 1.94 bits per heavy atom. The second kappa shape index (κ2) is 7.93. The van der Waals surface area contributed by atoms with E-state index in [-0.39, 0.29) is 4.70 Å². The van der Waals surface area contributed by atoms with E-state index in [4.69, 9.17) is 9.84 Å². The fraction of sp³-hybridized carbons (Fsp3) is 0.500. The van der Waals surface area contributed by atoms with Crippen molar-refractivity contribution in [3.05, 3.63) is 36.2 Å². The SMILES string of the molecule is CC1(C)OC(C(F)(F)F)Nc2cc(NC3=N[N+]4(N5CCCCCC5)C=CN=CC4=N3)ccc21. The number of rotatable bonds is 2. The smallest absolute Gasteiger partial charge is 0.352 e. The molecule has 0 bridgehead atoms. The van der Waals surface area contributed by atoms with E-state index in [0.717, 1.165) is 25.9 Å². The lowest BCUT2D eigenvalue weighted by molar-refractivity contribution is -0.917. The lowest BCUT2D eigenvalue weighted by Gasteiger charge is -2.39. The topological polar surface area (TPSA) is 73.6 Å². The molecule has 0 radical (unpaired) electrons.